The summed E-state index contributed by atoms with van der Waals surface area (Å²) in [7, 11) is 0. The predicted molar refractivity (Wildman–Crippen MR) is 118 cm³/mol. The minimum atomic E-state index is -0.325. The highest BCUT2D eigenvalue weighted by atomic mass is 19.1. The van der Waals surface area contributed by atoms with Crippen molar-refractivity contribution in [2.75, 3.05) is 36.4 Å². The molecular weight excluding hydrogens is 379 g/mol. The molecule has 0 saturated carbocycles. The van der Waals surface area contributed by atoms with Crippen LogP contribution in [0.4, 0.5) is 21.7 Å². The Hall–Kier alpha value is -3.58. The normalized spacial score (nSPS) is 14.1. The third-order valence-corrected chi connectivity index (χ3v) is 5.23. The highest BCUT2D eigenvalue weighted by Gasteiger charge is 2.13. The van der Waals surface area contributed by atoms with Gasteiger partial charge in [0.25, 0.3) is 0 Å². The molecular formula is C23H21FN6. The molecule has 0 amide bonds. The molecule has 2 N–H and O–H groups in total. The van der Waals surface area contributed by atoms with Crippen LogP contribution in [0.15, 0.2) is 67.0 Å². The van der Waals surface area contributed by atoms with Gasteiger partial charge in [0.05, 0.1) is 5.69 Å². The van der Waals surface area contributed by atoms with Crippen LogP contribution in [0.25, 0.3) is 22.2 Å². The van der Waals surface area contributed by atoms with Gasteiger partial charge in [-0.25, -0.2) is 14.4 Å². The predicted octanol–water partition coefficient (Wildman–Crippen LogP) is 3.98. The van der Waals surface area contributed by atoms with E-state index >= 15 is 0 Å². The number of hydrogen-bond donors (Lipinski definition) is 2. The molecule has 1 saturated heterocycles. The molecule has 0 radical (unpaired) electrons. The summed E-state index contributed by atoms with van der Waals surface area (Å²) >= 11 is 0. The van der Waals surface area contributed by atoms with Crippen molar-refractivity contribution in [3.05, 3.63) is 72.8 Å². The first-order valence-electron chi connectivity index (χ1n) is 9.97. The lowest BCUT2D eigenvalue weighted by atomic mass is 10.1. The van der Waals surface area contributed by atoms with E-state index in [1.807, 2.05) is 18.2 Å². The van der Waals surface area contributed by atoms with Crippen molar-refractivity contribution in [3.63, 3.8) is 0 Å². The highest BCUT2D eigenvalue weighted by molar-refractivity contribution is 5.91. The Labute approximate surface area is 173 Å². The molecule has 1 fully saturated rings. The number of nitrogens with one attached hydrogen (secondary N) is 2. The van der Waals surface area contributed by atoms with Gasteiger partial charge in [0.1, 0.15) is 11.3 Å². The molecule has 30 heavy (non-hydrogen) atoms. The third-order valence-electron chi connectivity index (χ3n) is 5.23. The molecule has 1 aliphatic heterocycles. The van der Waals surface area contributed by atoms with Gasteiger partial charge in [-0.3, -0.25) is 4.98 Å². The molecule has 0 aliphatic carbocycles. The molecule has 6 nitrogen and oxygen atoms in total. The number of pyridine rings is 1. The number of fused-ring (bicyclic) bond motifs is 1. The van der Waals surface area contributed by atoms with Gasteiger partial charge in [-0.05, 0) is 42.5 Å². The van der Waals surface area contributed by atoms with Crippen LogP contribution in [0, 0.1) is 5.82 Å². The van der Waals surface area contributed by atoms with E-state index in [1.165, 1.54) is 11.8 Å². The van der Waals surface area contributed by atoms with E-state index in [0.717, 1.165) is 37.3 Å². The maximum Gasteiger partial charge on any atom is 0.227 e. The van der Waals surface area contributed by atoms with Crippen molar-refractivity contribution in [2.24, 2.45) is 0 Å². The summed E-state index contributed by atoms with van der Waals surface area (Å²) in [4.78, 5) is 15.8. The first kappa shape index (κ1) is 18.4. The lowest BCUT2D eigenvalue weighted by molar-refractivity contribution is 0.589. The lowest BCUT2D eigenvalue weighted by Gasteiger charge is -2.29. The molecule has 4 aromatic rings. The molecule has 1 aliphatic rings. The zero-order valence-electron chi connectivity index (χ0n) is 16.3. The quantitative estimate of drug-likeness (QED) is 0.540. The molecule has 0 bridgehead atoms. The Morgan fingerprint density at radius 2 is 1.73 bits per heavy atom. The van der Waals surface area contributed by atoms with Crippen LogP contribution < -0.4 is 15.5 Å². The Kier molecular flexibility index (Phi) is 4.94. The van der Waals surface area contributed by atoms with E-state index in [0.29, 0.717) is 22.7 Å². The largest absolute Gasteiger partial charge is 0.369 e. The smallest absolute Gasteiger partial charge is 0.227 e. The van der Waals surface area contributed by atoms with E-state index in [2.05, 4.69) is 42.6 Å². The molecule has 0 spiro atoms. The Morgan fingerprint density at radius 3 is 2.53 bits per heavy atom. The van der Waals surface area contributed by atoms with Crippen molar-refractivity contribution < 1.29 is 4.39 Å². The van der Waals surface area contributed by atoms with Crippen molar-refractivity contribution in [1.29, 1.82) is 0 Å². The van der Waals surface area contributed by atoms with Crippen LogP contribution in [0.1, 0.15) is 0 Å². The van der Waals surface area contributed by atoms with Crippen LogP contribution in [0.5, 0.6) is 0 Å². The zero-order chi connectivity index (χ0) is 20.3. The molecule has 2 aromatic carbocycles. The average molecular weight is 400 g/mol. The van der Waals surface area contributed by atoms with Gasteiger partial charge in [-0.15, -0.1) is 0 Å². The Bertz CT molecular complexity index is 1170. The first-order chi connectivity index (χ1) is 14.8. The maximum atomic E-state index is 14.3. The minimum Gasteiger partial charge on any atom is -0.369 e. The summed E-state index contributed by atoms with van der Waals surface area (Å²) in [5.74, 6) is 0.122. The van der Waals surface area contributed by atoms with Gasteiger partial charge in [0.2, 0.25) is 5.95 Å². The fraction of sp³-hybridized carbons (Fsp3) is 0.174. The summed E-state index contributed by atoms with van der Waals surface area (Å²) in [6.45, 7) is 4.02. The second kappa shape index (κ2) is 8.04. The van der Waals surface area contributed by atoms with Crippen LogP contribution >= 0.6 is 0 Å². The summed E-state index contributed by atoms with van der Waals surface area (Å²) in [6, 6.07) is 16.7. The van der Waals surface area contributed by atoms with Gasteiger partial charge >= 0.3 is 0 Å². The fourth-order valence-electron chi connectivity index (χ4n) is 3.67. The van der Waals surface area contributed by atoms with Crippen LogP contribution in [0.3, 0.4) is 0 Å². The topological polar surface area (TPSA) is 66.0 Å². The number of benzene rings is 2. The first-order valence-corrected chi connectivity index (χ1v) is 9.97. The molecule has 0 unspecified atom stereocenters. The van der Waals surface area contributed by atoms with E-state index in [1.54, 1.807) is 30.6 Å². The van der Waals surface area contributed by atoms with E-state index in [-0.39, 0.29) is 5.82 Å². The fourth-order valence-corrected chi connectivity index (χ4v) is 3.67. The van der Waals surface area contributed by atoms with Gasteiger partial charge in [-0.1, -0.05) is 12.1 Å². The van der Waals surface area contributed by atoms with Crippen LogP contribution in [-0.4, -0.2) is 41.1 Å². The molecule has 0 atom stereocenters. The molecule has 5 rings (SSSR count). The molecule has 3 heterocycles. The van der Waals surface area contributed by atoms with E-state index < -0.39 is 0 Å². The van der Waals surface area contributed by atoms with E-state index in [4.69, 9.17) is 0 Å². The number of aromatic nitrogens is 3. The summed E-state index contributed by atoms with van der Waals surface area (Å²) in [6.07, 6.45) is 3.38. The van der Waals surface area contributed by atoms with Crippen molar-refractivity contribution >= 4 is 28.2 Å². The van der Waals surface area contributed by atoms with Gasteiger partial charge < -0.3 is 15.5 Å². The van der Waals surface area contributed by atoms with Crippen molar-refractivity contribution in [2.45, 2.75) is 0 Å². The van der Waals surface area contributed by atoms with Crippen molar-refractivity contribution in [1.82, 2.24) is 20.3 Å². The number of piperazine rings is 1. The second-order valence-electron chi connectivity index (χ2n) is 7.18. The average Bonchev–Trinajstić information content (AvgIpc) is 2.80. The van der Waals surface area contributed by atoms with Gasteiger partial charge in [-0.2, -0.15) is 0 Å². The number of nitrogens with zero attached hydrogens (tertiary/aromatic N) is 4. The standard InChI is InChI=1S/C23H21FN6/c24-20-4-2-1-3-19(20)22-21-16(9-10-26-22)15-27-23(29-21)28-17-5-7-18(8-6-17)30-13-11-25-12-14-30/h1-10,15,25H,11-14H2,(H,27,28,29). The number of halogens is 1. The Morgan fingerprint density at radius 1 is 0.933 bits per heavy atom. The number of hydrogen-bond acceptors (Lipinski definition) is 6. The van der Waals surface area contributed by atoms with Crippen LogP contribution in [-0.2, 0) is 0 Å². The Balaban J connectivity index is 1.44. The SMILES string of the molecule is Fc1ccccc1-c1nccc2cnc(Nc3ccc(N4CCNCC4)cc3)nc12. The van der Waals surface area contributed by atoms with Gasteiger partial charge in [0, 0.05) is 60.9 Å². The highest BCUT2D eigenvalue weighted by Crippen LogP contribution is 2.28. The van der Waals surface area contributed by atoms with Gasteiger partial charge in [0.15, 0.2) is 0 Å². The minimum absolute atomic E-state index is 0.325. The second-order valence-corrected chi connectivity index (χ2v) is 7.18. The molecule has 2 aromatic heterocycles. The monoisotopic (exact) mass is 400 g/mol. The zero-order valence-corrected chi connectivity index (χ0v) is 16.3. The van der Waals surface area contributed by atoms with Crippen molar-refractivity contribution in [3.8, 4) is 11.3 Å². The van der Waals surface area contributed by atoms with Crippen LogP contribution in [0.2, 0.25) is 0 Å². The lowest BCUT2D eigenvalue weighted by Crippen LogP contribution is -2.43. The van der Waals surface area contributed by atoms with E-state index in [9.17, 15) is 4.39 Å². The summed E-state index contributed by atoms with van der Waals surface area (Å²) in [5, 5.41) is 7.42. The molecule has 7 heteroatoms. The summed E-state index contributed by atoms with van der Waals surface area (Å²) < 4.78 is 14.3. The third kappa shape index (κ3) is 3.67. The number of anilines is 3. The molecule has 150 valence electrons. The summed E-state index contributed by atoms with van der Waals surface area (Å²) in [5.41, 5.74) is 3.63. The maximum absolute atomic E-state index is 14.3. The number of rotatable bonds is 4.